The van der Waals surface area contributed by atoms with Gasteiger partial charge in [0.2, 0.25) is 20.0 Å². The van der Waals surface area contributed by atoms with Crippen molar-refractivity contribution in [3.63, 3.8) is 0 Å². The quantitative estimate of drug-likeness (QED) is 0.100. The third-order valence-electron chi connectivity index (χ3n) is 8.38. The van der Waals surface area contributed by atoms with E-state index in [1.807, 2.05) is 67.4 Å². The van der Waals surface area contributed by atoms with Gasteiger partial charge in [0, 0.05) is 28.2 Å². The second-order valence-corrected chi connectivity index (χ2v) is 17.8. The first-order chi connectivity index (χ1) is 26.8. The SMILES string of the molecule is CC(C)n1ncc2ccc(NS(C)(=O)=O)cc21.COC(=O)c1ccc(CBr)cc1.COC(=O)c1ccc(CN(c2ccc3cnn(C(C)C)c3c2)S(C)(=O)=O)cc1. The molecule has 0 atom stereocenters. The van der Waals surface area contributed by atoms with Crippen LogP contribution in [0.15, 0.2) is 97.3 Å². The Morgan fingerprint density at radius 3 is 1.58 bits per heavy atom. The lowest BCUT2D eigenvalue weighted by Crippen LogP contribution is -2.29. The van der Waals surface area contributed by atoms with Crippen molar-refractivity contribution in [2.24, 2.45) is 0 Å². The van der Waals surface area contributed by atoms with Crippen LogP contribution < -0.4 is 9.03 Å². The Morgan fingerprint density at radius 2 is 1.16 bits per heavy atom. The van der Waals surface area contributed by atoms with Crippen molar-refractivity contribution in [1.29, 1.82) is 0 Å². The first-order valence-electron chi connectivity index (χ1n) is 17.7. The molecule has 6 rings (SSSR count). The zero-order valence-corrected chi connectivity index (χ0v) is 36.2. The maximum atomic E-state index is 12.5. The summed E-state index contributed by atoms with van der Waals surface area (Å²) in [5.41, 5.74) is 5.83. The van der Waals surface area contributed by atoms with Crippen molar-refractivity contribution in [3.05, 3.63) is 120 Å². The van der Waals surface area contributed by atoms with E-state index < -0.39 is 26.0 Å². The van der Waals surface area contributed by atoms with Gasteiger partial charge in [-0.1, -0.05) is 40.2 Å². The molecular formula is C40H47BrN6O8S2. The Kier molecular flexibility index (Phi) is 15.0. The number of nitrogens with zero attached hydrogens (tertiary/aromatic N) is 5. The molecule has 0 aliphatic carbocycles. The molecule has 0 radical (unpaired) electrons. The first kappa shape index (κ1) is 44.5. The Balaban J connectivity index is 0.000000210. The fourth-order valence-corrected chi connectivity index (χ4v) is 7.41. The summed E-state index contributed by atoms with van der Waals surface area (Å²) in [5, 5.41) is 11.4. The van der Waals surface area contributed by atoms with Crippen molar-refractivity contribution in [1.82, 2.24) is 19.6 Å². The molecule has 0 saturated carbocycles. The van der Waals surface area contributed by atoms with Crippen LogP contribution >= 0.6 is 15.9 Å². The number of ether oxygens (including phenoxy) is 2. The number of carbonyl (C=O) groups is 2. The van der Waals surface area contributed by atoms with Gasteiger partial charge in [0.1, 0.15) is 0 Å². The number of nitrogens with one attached hydrogen (secondary N) is 1. The first-order valence-corrected chi connectivity index (χ1v) is 22.5. The van der Waals surface area contributed by atoms with Gasteiger partial charge >= 0.3 is 11.9 Å². The molecule has 6 aromatic rings. The van der Waals surface area contributed by atoms with Crippen LogP contribution in [0.4, 0.5) is 11.4 Å². The van der Waals surface area contributed by atoms with Crippen LogP contribution in [0.5, 0.6) is 0 Å². The maximum absolute atomic E-state index is 12.5. The van der Waals surface area contributed by atoms with Crippen LogP contribution in [0.1, 0.15) is 71.6 Å². The summed E-state index contributed by atoms with van der Waals surface area (Å²) in [6.07, 6.45) is 5.87. The molecule has 2 heterocycles. The predicted molar refractivity (Wildman–Crippen MR) is 228 cm³/mol. The normalized spacial score (nSPS) is 11.4. The van der Waals surface area contributed by atoms with Crippen molar-refractivity contribution in [3.8, 4) is 0 Å². The van der Waals surface area contributed by atoms with Crippen molar-refractivity contribution in [2.75, 3.05) is 35.8 Å². The summed E-state index contributed by atoms with van der Waals surface area (Å²) >= 11 is 3.32. The second kappa shape index (κ2) is 19.3. The van der Waals surface area contributed by atoms with Gasteiger partial charge in [-0.25, -0.2) is 26.4 Å². The number of esters is 2. The van der Waals surface area contributed by atoms with Crippen molar-refractivity contribution >= 4 is 81.1 Å². The van der Waals surface area contributed by atoms with E-state index >= 15 is 0 Å². The Hall–Kier alpha value is -5.26. The standard InChI is InChI=1S/C20H23N3O4S.C11H15N3O2S.C9H9BrO2/c1-14(2)23-19-11-18(10-9-17(19)12-21-23)22(28(4,25)26)13-15-5-7-16(8-6-15)20(24)27-3;1-8(2)14-11-6-10(13-17(3,15)16)5-4-9(11)7-12-14;1-12-9(11)8-4-2-7(6-10)3-5-8/h5-12,14H,13H2,1-4H3;4-8,13H,1-3H3;2-5H,6H2,1H3. The van der Waals surface area contributed by atoms with E-state index in [1.54, 1.807) is 67.0 Å². The molecule has 17 heteroatoms. The number of rotatable bonds is 11. The Labute approximate surface area is 342 Å². The smallest absolute Gasteiger partial charge is 0.337 e. The average molecular weight is 884 g/mol. The van der Waals surface area contributed by atoms with Crippen LogP contribution in [0, 0.1) is 0 Å². The van der Waals surface area contributed by atoms with Gasteiger partial charge in [-0.2, -0.15) is 10.2 Å². The van der Waals surface area contributed by atoms with Gasteiger partial charge in [0.25, 0.3) is 0 Å². The summed E-state index contributed by atoms with van der Waals surface area (Å²) in [5.74, 6) is -0.727. The number of fused-ring (bicyclic) bond motifs is 2. The molecule has 0 unspecified atom stereocenters. The van der Waals surface area contributed by atoms with E-state index in [9.17, 15) is 26.4 Å². The Morgan fingerprint density at radius 1 is 0.702 bits per heavy atom. The summed E-state index contributed by atoms with van der Waals surface area (Å²) < 4.78 is 64.1. The van der Waals surface area contributed by atoms with E-state index in [2.05, 4.69) is 35.6 Å². The van der Waals surface area contributed by atoms with Crippen molar-refractivity contribution in [2.45, 2.75) is 51.7 Å². The third-order valence-corrected chi connectivity index (χ3v) is 10.8. The summed E-state index contributed by atoms with van der Waals surface area (Å²) in [7, 11) is -4.07. The maximum Gasteiger partial charge on any atom is 0.337 e. The fourth-order valence-electron chi connectivity index (χ4n) is 5.60. The number of hydrogen-bond donors (Lipinski definition) is 1. The lowest BCUT2D eigenvalue weighted by Gasteiger charge is -2.23. The average Bonchev–Trinajstić information content (AvgIpc) is 3.80. The number of aromatic nitrogens is 4. The minimum Gasteiger partial charge on any atom is -0.465 e. The molecule has 14 nitrogen and oxygen atoms in total. The minimum absolute atomic E-state index is 0.154. The van der Waals surface area contributed by atoms with E-state index in [-0.39, 0.29) is 24.6 Å². The van der Waals surface area contributed by atoms with Crippen LogP contribution in [-0.4, -0.2) is 75.1 Å². The highest BCUT2D eigenvalue weighted by atomic mass is 79.9. The number of hydrogen-bond acceptors (Lipinski definition) is 10. The number of methoxy groups -OCH3 is 2. The number of sulfonamides is 2. The number of benzene rings is 4. The van der Waals surface area contributed by atoms with E-state index in [0.717, 1.165) is 44.5 Å². The Bertz CT molecular complexity index is 2530. The van der Waals surface area contributed by atoms with Gasteiger partial charge < -0.3 is 9.47 Å². The summed E-state index contributed by atoms with van der Waals surface area (Å²) in [4.78, 5) is 22.6. The molecule has 2 aromatic heterocycles. The molecule has 57 heavy (non-hydrogen) atoms. The molecule has 304 valence electrons. The molecule has 0 aliphatic rings. The highest BCUT2D eigenvalue weighted by Crippen LogP contribution is 2.27. The van der Waals surface area contributed by atoms with Crippen LogP contribution in [0.2, 0.25) is 0 Å². The van der Waals surface area contributed by atoms with Gasteiger partial charge in [0.15, 0.2) is 0 Å². The van der Waals surface area contributed by atoms with Gasteiger partial charge in [-0.05, 0) is 99.5 Å². The minimum atomic E-state index is -3.52. The number of anilines is 2. The summed E-state index contributed by atoms with van der Waals surface area (Å²) in [6, 6.07) is 25.2. The lowest BCUT2D eigenvalue weighted by molar-refractivity contribution is 0.0592. The second-order valence-electron chi connectivity index (χ2n) is 13.5. The summed E-state index contributed by atoms with van der Waals surface area (Å²) in [6.45, 7) is 8.26. The topological polar surface area (TPSA) is 172 Å². The lowest BCUT2D eigenvalue weighted by atomic mass is 10.1. The molecule has 1 N–H and O–H groups in total. The highest BCUT2D eigenvalue weighted by molar-refractivity contribution is 9.08. The van der Waals surface area contributed by atoms with Crippen molar-refractivity contribution < 1.29 is 35.9 Å². The molecular weight excluding hydrogens is 837 g/mol. The highest BCUT2D eigenvalue weighted by Gasteiger charge is 2.20. The van der Waals surface area contributed by atoms with Gasteiger partial charge in [-0.3, -0.25) is 18.4 Å². The fraction of sp³-hybridized carbons (Fsp3) is 0.300. The van der Waals surface area contributed by atoms with Crippen LogP contribution in [-0.2, 0) is 41.4 Å². The third kappa shape index (κ3) is 12.1. The molecule has 4 aromatic carbocycles. The number of alkyl halides is 1. The number of carbonyl (C=O) groups excluding carboxylic acids is 2. The zero-order chi connectivity index (χ0) is 42.1. The zero-order valence-electron chi connectivity index (χ0n) is 33.0. The predicted octanol–water partition coefficient (Wildman–Crippen LogP) is 7.73. The monoisotopic (exact) mass is 882 g/mol. The van der Waals surface area contributed by atoms with E-state index in [4.69, 9.17) is 4.74 Å². The van der Waals surface area contributed by atoms with Gasteiger partial charge in [-0.15, -0.1) is 0 Å². The van der Waals surface area contributed by atoms with Crippen LogP contribution in [0.3, 0.4) is 0 Å². The largest absolute Gasteiger partial charge is 0.465 e. The molecule has 0 fully saturated rings. The molecule has 0 bridgehead atoms. The molecule has 0 amide bonds. The van der Waals surface area contributed by atoms with E-state index in [1.165, 1.54) is 24.8 Å². The number of halogens is 1. The van der Waals surface area contributed by atoms with E-state index in [0.29, 0.717) is 22.5 Å². The van der Waals surface area contributed by atoms with Gasteiger partial charge in [0.05, 0.1) is 79.2 Å². The molecule has 0 aliphatic heterocycles. The van der Waals surface area contributed by atoms with Crippen LogP contribution in [0.25, 0.3) is 21.8 Å². The molecule has 0 saturated heterocycles. The molecule has 0 spiro atoms.